The van der Waals surface area contributed by atoms with E-state index in [1.165, 1.54) is 35.6 Å². The van der Waals surface area contributed by atoms with E-state index in [9.17, 15) is 19.7 Å². The van der Waals surface area contributed by atoms with E-state index >= 15 is 0 Å². The van der Waals surface area contributed by atoms with Crippen LogP contribution in [0.4, 0.5) is 5.69 Å². The third-order valence-corrected chi connectivity index (χ3v) is 3.69. The maximum absolute atomic E-state index is 12.6. The number of carbonyl (C=O) groups excluding carboxylic acids is 2. The van der Waals surface area contributed by atoms with Gasteiger partial charge < -0.3 is 14.6 Å². The molecular formula is C17H19N3O5. The minimum atomic E-state index is -0.735. The van der Waals surface area contributed by atoms with Gasteiger partial charge in [-0.2, -0.15) is 0 Å². The van der Waals surface area contributed by atoms with Crippen molar-refractivity contribution >= 4 is 17.5 Å². The van der Waals surface area contributed by atoms with Crippen LogP contribution < -0.4 is 5.32 Å². The van der Waals surface area contributed by atoms with E-state index in [1.807, 2.05) is 0 Å². The summed E-state index contributed by atoms with van der Waals surface area (Å²) in [7, 11) is 0. The minimum Gasteiger partial charge on any atom is -0.472 e. The zero-order valence-electron chi connectivity index (χ0n) is 14.0. The van der Waals surface area contributed by atoms with Crippen LogP contribution in [0.15, 0.2) is 47.3 Å². The highest BCUT2D eigenvalue weighted by Crippen LogP contribution is 2.15. The molecule has 2 amide bonds. The zero-order valence-corrected chi connectivity index (χ0v) is 14.0. The lowest BCUT2D eigenvalue weighted by Gasteiger charge is -2.25. The summed E-state index contributed by atoms with van der Waals surface area (Å²) in [6.45, 7) is 4.03. The first kappa shape index (κ1) is 18.2. The predicted molar refractivity (Wildman–Crippen MR) is 89.8 cm³/mol. The molecule has 2 rings (SSSR count). The molecule has 25 heavy (non-hydrogen) atoms. The van der Waals surface area contributed by atoms with Crippen molar-refractivity contribution in [1.29, 1.82) is 0 Å². The van der Waals surface area contributed by atoms with E-state index in [1.54, 1.807) is 26.0 Å². The van der Waals surface area contributed by atoms with Crippen LogP contribution in [0.3, 0.4) is 0 Å². The van der Waals surface area contributed by atoms with Crippen LogP contribution in [-0.4, -0.2) is 34.2 Å². The fraction of sp³-hybridized carbons (Fsp3) is 0.294. The molecule has 132 valence electrons. The Morgan fingerprint density at radius 2 is 2.12 bits per heavy atom. The lowest BCUT2D eigenvalue weighted by molar-refractivity contribution is -0.384. The Bertz CT molecular complexity index is 757. The van der Waals surface area contributed by atoms with Crippen LogP contribution in [0.5, 0.6) is 0 Å². The Hall–Kier alpha value is -3.16. The maximum Gasteiger partial charge on any atom is 0.269 e. The molecule has 1 aromatic carbocycles. The molecule has 0 radical (unpaired) electrons. The Kier molecular flexibility index (Phi) is 5.89. The van der Waals surface area contributed by atoms with Crippen molar-refractivity contribution < 1.29 is 18.9 Å². The fourth-order valence-corrected chi connectivity index (χ4v) is 2.34. The fourth-order valence-electron chi connectivity index (χ4n) is 2.34. The number of rotatable bonds is 7. The standard InChI is InChI=1S/C17H19N3O5/c1-3-19(10-13-5-4-6-15(9-13)20(23)24)17(22)12(2)18-16(21)14-7-8-25-11-14/h4-9,11-12H,3,10H2,1-2H3,(H,18,21)/t12-/m1/s1. The van der Waals surface area contributed by atoms with Crippen LogP contribution in [0.1, 0.15) is 29.8 Å². The lowest BCUT2D eigenvalue weighted by atomic mass is 10.1. The van der Waals surface area contributed by atoms with Crippen molar-refractivity contribution in [1.82, 2.24) is 10.2 Å². The number of amides is 2. The van der Waals surface area contributed by atoms with Gasteiger partial charge in [0.05, 0.1) is 16.7 Å². The van der Waals surface area contributed by atoms with Gasteiger partial charge in [-0.05, 0) is 25.5 Å². The highest BCUT2D eigenvalue weighted by molar-refractivity contribution is 5.97. The molecule has 0 aliphatic carbocycles. The average molecular weight is 345 g/mol. The van der Waals surface area contributed by atoms with Gasteiger partial charge in [-0.3, -0.25) is 19.7 Å². The molecule has 0 saturated carbocycles. The van der Waals surface area contributed by atoms with E-state index < -0.39 is 16.9 Å². The third-order valence-electron chi connectivity index (χ3n) is 3.69. The predicted octanol–water partition coefficient (Wildman–Crippen LogP) is 2.35. The number of nitrogens with one attached hydrogen (secondary N) is 1. The average Bonchev–Trinajstić information content (AvgIpc) is 3.14. The number of hydrogen-bond acceptors (Lipinski definition) is 5. The monoisotopic (exact) mass is 345 g/mol. The summed E-state index contributed by atoms with van der Waals surface area (Å²) < 4.78 is 4.84. The van der Waals surface area contributed by atoms with Crippen LogP contribution in [0, 0.1) is 10.1 Å². The second kappa shape index (κ2) is 8.09. The number of likely N-dealkylation sites (N-methyl/N-ethyl adjacent to an activating group) is 1. The summed E-state index contributed by atoms with van der Waals surface area (Å²) in [5, 5.41) is 13.5. The molecule has 0 fully saturated rings. The summed E-state index contributed by atoms with van der Waals surface area (Å²) in [6.07, 6.45) is 2.68. The minimum absolute atomic E-state index is 0.0256. The smallest absolute Gasteiger partial charge is 0.269 e. The van der Waals surface area contributed by atoms with Crippen molar-refractivity contribution in [3.05, 3.63) is 64.1 Å². The van der Waals surface area contributed by atoms with Gasteiger partial charge in [-0.25, -0.2) is 0 Å². The Labute approximate surface area is 144 Å². The number of hydrogen-bond donors (Lipinski definition) is 1. The molecule has 0 unspecified atom stereocenters. The van der Waals surface area contributed by atoms with Crippen molar-refractivity contribution in [2.24, 2.45) is 0 Å². The first-order valence-electron chi connectivity index (χ1n) is 7.77. The van der Waals surface area contributed by atoms with Crippen molar-refractivity contribution in [3.8, 4) is 0 Å². The van der Waals surface area contributed by atoms with Gasteiger partial charge in [0.1, 0.15) is 12.3 Å². The van der Waals surface area contributed by atoms with E-state index in [0.717, 1.165) is 0 Å². The number of nitrogens with zero attached hydrogens (tertiary/aromatic N) is 2. The van der Waals surface area contributed by atoms with Gasteiger partial charge in [0, 0.05) is 25.2 Å². The number of non-ortho nitro benzene ring substituents is 1. The maximum atomic E-state index is 12.6. The summed E-state index contributed by atoms with van der Waals surface area (Å²) in [5.41, 5.74) is 0.960. The number of furan rings is 1. The van der Waals surface area contributed by atoms with Gasteiger partial charge >= 0.3 is 0 Å². The number of carbonyl (C=O) groups is 2. The largest absolute Gasteiger partial charge is 0.472 e. The molecule has 1 atom stereocenters. The zero-order chi connectivity index (χ0) is 18.4. The van der Waals surface area contributed by atoms with Crippen LogP contribution in [0.25, 0.3) is 0 Å². The van der Waals surface area contributed by atoms with Gasteiger partial charge in [0.15, 0.2) is 0 Å². The summed E-state index contributed by atoms with van der Waals surface area (Å²) in [5.74, 6) is -0.674. The molecule has 1 heterocycles. The molecule has 0 spiro atoms. The third kappa shape index (κ3) is 4.66. The molecule has 1 N–H and O–H groups in total. The van der Waals surface area contributed by atoms with Gasteiger partial charge in [-0.1, -0.05) is 12.1 Å². The summed E-state index contributed by atoms with van der Waals surface area (Å²) in [6, 6.07) is 6.90. The normalized spacial score (nSPS) is 11.6. The molecule has 0 aliphatic heterocycles. The molecule has 8 heteroatoms. The molecule has 0 saturated heterocycles. The number of nitro groups is 1. The SMILES string of the molecule is CCN(Cc1cccc([N+](=O)[O-])c1)C(=O)[C@@H](C)NC(=O)c1ccoc1. The molecule has 8 nitrogen and oxygen atoms in total. The molecule has 0 aliphatic rings. The Balaban J connectivity index is 2.03. The highest BCUT2D eigenvalue weighted by atomic mass is 16.6. The van der Waals surface area contributed by atoms with E-state index in [4.69, 9.17) is 4.42 Å². The molecule has 2 aromatic rings. The Morgan fingerprint density at radius 1 is 1.36 bits per heavy atom. The van der Waals surface area contributed by atoms with Crippen molar-refractivity contribution in [2.45, 2.75) is 26.4 Å². The molecule has 0 bridgehead atoms. The van der Waals surface area contributed by atoms with Crippen molar-refractivity contribution in [2.75, 3.05) is 6.54 Å². The van der Waals surface area contributed by atoms with Gasteiger partial charge in [0.2, 0.25) is 5.91 Å². The van der Waals surface area contributed by atoms with Gasteiger partial charge in [0.25, 0.3) is 11.6 Å². The van der Waals surface area contributed by atoms with Crippen molar-refractivity contribution in [3.63, 3.8) is 0 Å². The lowest BCUT2D eigenvalue weighted by Crippen LogP contribution is -2.46. The second-order valence-corrected chi connectivity index (χ2v) is 5.49. The first-order valence-corrected chi connectivity index (χ1v) is 7.77. The quantitative estimate of drug-likeness (QED) is 0.612. The number of benzene rings is 1. The highest BCUT2D eigenvalue weighted by Gasteiger charge is 2.22. The molecular weight excluding hydrogens is 326 g/mol. The topological polar surface area (TPSA) is 106 Å². The van der Waals surface area contributed by atoms with E-state index in [0.29, 0.717) is 17.7 Å². The van der Waals surface area contributed by atoms with Gasteiger partial charge in [-0.15, -0.1) is 0 Å². The number of nitro benzene ring substituents is 1. The van der Waals surface area contributed by atoms with Crippen LogP contribution in [0.2, 0.25) is 0 Å². The van der Waals surface area contributed by atoms with Crippen LogP contribution >= 0.6 is 0 Å². The van der Waals surface area contributed by atoms with E-state index in [-0.39, 0.29) is 18.1 Å². The van der Waals surface area contributed by atoms with E-state index in [2.05, 4.69) is 5.32 Å². The van der Waals surface area contributed by atoms with Crippen LogP contribution in [-0.2, 0) is 11.3 Å². The Morgan fingerprint density at radius 3 is 2.72 bits per heavy atom. The first-order chi connectivity index (χ1) is 11.9. The summed E-state index contributed by atoms with van der Waals surface area (Å²) >= 11 is 0. The summed E-state index contributed by atoms with van der Waals surface area (Å²) in [4.78, 5) is 36.5. The second-order valence-electron chi connectivity index (χ2n) is 5.49. The molecule has 1 aromatic heterocycles.